The Balaban J connectivity index is 1.74. The van der Waals surface area contributed by atoms with Crippen LogP contribution in [-0.4, -0.2) is 33.8 Å². The first-order valence-corrected chi connectivity index (χ1v) is 11.1. The molecule has 158 valence electrons. The van der Waals surface area contributed by atoms with Gasteiger partial charge in [-0.3, -0.25) is 14.6 Å². The van der Waals surface area contributed by atoms with Crippen LogP contribution in [-0.2, 0) is 11.3 Å². The summed E-state index contributed by atoms with van der Waals surface area (Å²) in [7, 11) is 0. The van der Waals surface area contributed by atoms with Gasteiger partial charge in [-0.05, 0) is 48.1 Å². The molecule has 1 aromatic heterocycles. The van der Waals surface area contributed by atoms with Crippen molar-refractivity contribution < 1.29 is 9.59 Å². The van der Waals surface area contributed by atoms with Crippen LogP contribution in [0.4, 0.5) is 0 Å². The fraction of sp³-hybridized carbons (Fsp3) is 0.480. The van der Waals surface area contributed by atoms with Crippen molar-refractivity contribution in [1.29, 1.82) is 0 Å². The average Bonchev–Trinajstić information content (AvgIpc) is 2.77. The summed E-state index contributed by atoms with van der Waals surface area (Å²) >= 11 is 0. The van der Waals surface area contributed by atoms with Gasteiger partial charge in [-0.15, -0.1) is 0 Å². The fourth-order valence-corrected chi connectivity index (χ4v) is 5.27. The molecule has 1 fully saturated rings. The molecule has 1 atom stereocenters. The van der Waals surface area contributed by atoms with Crippen LogP contribution in [0, 0.1) is 5.92 Å². The third-order valence-electron chi connectivity index (χ3n) is 6.57. The number of fused-ring (bicyclic) bond motifs is 1. The number of rotatable bonds is 5. The number of carbonyl (C=O) groups excluding carboxylic acids is 2. The lowest BCUT2D eigenvalue weighted by Crippen LogP contribution is -2.63. The van der Waals surface area contributed by atoms with Gasteiger partial charge in [0.05, 0.1) is 11.5 Å². The molecule has 4 rings (SSSR count). The standard InChI is InChI=1S/C25H31N3O2/c1-18(2)17-28-24(30)21-9-5-4-8-20(21)22(25(28)12-6-3-7-13-25)23(29)27-16-19-10-14-26-15-11-19/h4-5,8-11,14-15,18,22H,3,6-7,12-13,16-17H2,1-2H3,(H,27,29). The molecule has 1 unspecified atom stereocenters. The van der Waals surface area contributed by atoms with Crippen LogP contribution in [0.1, 0.15) is 73.4 Å². The minimum atomic E-state index is -0.434. The molecule has 30 heavy (non-hydrogen) atoms. The number of nitrogens with one attached hydrogen (secondary N) is 1. The lowest BCUT2D eigenvalue weighted by Gasteiger charge is -2.54. The number of carbonyl (C=O) groups is 2. The van der Waals surface area contributed by atoms with Crippen LogP contribution >= 0.6 is 0 Å². The first-order chi connectivity index (χ1) is 14.5. The molecule has 2 aromatic rings. The van der Waals surface area contributed by atoms with Crippen LogP contribution in [0.3, 0.4) is 0 Å². The summed E-state index contributed by atoms with van der Waals surface area (Å²) in [5.74, 6) is 0.104. The summed E-state index contributed by atoms with van der Waals surface area (Å²) in [5, 5.41) is 3.17. The topological polar surface area (TPSA) is 62.3 Å². The van der Waals surface area contributed by atoms with Crippen molar-refractivity contribution in [1.82, 2.24) is 15.2 Å². The minimum absolute atomic E-state index is 0.0161. The molecule has 5 heteroatoms. The Morgan fingerprint density at radius 1 is 1.13 bits per heavy atom. The normalized spacial score (nSPS) is 20.3. The zero-order valence-corrected chi connectivity index (χ0v) is 17.9. The van der Waals surface area contributed by atoms with E-state index in [-0.39, 0.29) is 17.7 Å². The molecule has 0 bridgehead atoms. The zero-order chi connectivity index (χ0) is 21.1. The van der Waals surface area contributed by atoms with Crippen LogP contribution in [0.5, 0.6) is 0 Å². The molecule has 5 nitrogen and oxygen atoms in total. The van der Waals surface area contributed by atoms with Crippen LogP contribution < -0.4 is 5.32 Å². The Bertz CT molecular complexity index is 904. The number of pyridine rings is 1. The van der Waals surface area contributed by atoms with Crippen LogP contribution in [0.2, 0.25) is 0 Å². The number of hydrogen-bond acceptors (Lipinski definition) is 3. The summed E-state index contributed by atoms with van der Waals surface area (Å²) in [5.41, 5.74) is 2.15. The van der Waals surface area contributed by atoms with E-state index in [1.165, 1.54) is 6.42 Å². The van der Waals surface area contributed by atoms with E-state index in [2.05, 4.69) is 29.0 Å². The Morgan fingerprint density at radius 3 is 2.53 bits per heavy atom. The summed E-state index contributed by atoms with van der Waals surface area (Å²) in [6, 6.07) is 11.5. The van der Waals surface area contributed by atoms with Gasteiger partial charge in [0, 0.05) is 31.0 Å². The Labute approximate surface area is 178 Å². The quantitative estimate of drug-likeness (QED) is 0.807. The van der Waals surface area contributed by atoms with Gasteiger partial charge in [0.25, 0.3) is 5.91 Å². The van der Waals surface area contributed by atoms with Gasteiger partial charge in [-0.1, -0.05) is 51.3 Å². The van der Waals surface area contributed by atoms with Crippen molar-refractivity contribution in [2.45, 2.75) is 64.0 Å². The minimum Gasteiger partial charge on any atom is -0.351 e. The van der Waals surface area contributed by atoms with Gasteiger partial charge in [0.1, 0.15) is 0 Å². The molecule has 1 aliphatic carbocycles. The lowest BCUT2D eigenvalue weighted by molar-refractivity contribution is -0.127. The van der Waals surface area contributed by atoms with E-state index in [0.717, 1.165) is 36.8 Å². The first kappa shape index (κ1) is 20.6. The molecule has 0 saturated heterocycles. The van der Waals surface area contributed by atoms with Crippen molar-refractivity contribution in [2.24, 2.45) is 5.92 Å². The maximum atomic E-state index is 13.7. The van der Waals surface area contributed by atoms with Crippen molar-refractivity contribution in [3.63, 3.8) is 0 Å². The summed E-state index contributed by atoms with van der Waals surface area (Å²) in [6.45, 7) is 5.43. The highest BCUT2D eigenvalue weighted by molar-refractivity contribution is 6.02. The van der Waals surface area contributed by atoms with Crippen molar-refractivity contribution >= 4 is 11.8 Å². The average molecular weight is 406 g/mol. The number of aromatic nitrogens is 1. The SMILES string of the molecule is CC(C)CN1C(=O)c2ccccc2C(C(=O)NCc2ccncc2)C12CCCCC2. The van der Waals surface area contributed by atoms with Gasteiger partial charge in [0.2, 0.25) is 5.91 Å². The largest absolute Gasteiger partial charge is 0.351 e. The fourth-order valence-electron chi connectivity index (χ4n) is 5.27. The zero-order valence-electron chi connectivity index (χ0n) is 17.9. The van der Waals surface area contributed by atoms with Gasteiger partial charge >= 0.3 is 0 Å². The molecule has 1 spiro atoms. The summed E-state index contributed by atoms with van der Waals surface area (Å²) in [6.07, 6.45) is 8.52. The highest BCUT2D eigenvalue weighted by atomic mass is 16.2. The molecule has 1 saturated carbocycles. The number of amides is 2. The Kier molecular flexibility index (Phi) is 5.89. The van der Waals surface area contributed by atoms with E-state index in [1.807, 2.05) is 36.4 Å². The second kappa shape index (κ2) is 8.58. The van der Waals surface area contributed by atoms with E-state index < -0.39 is 5.54 Å². The molecule has 2 amide bonds. The molecule has 0 radical (unpaired) electrons. The molecule has 2 aliphatic rings. The van der Waals surface area contributed by atoms with Crippen molar-refractivity contribution in [3.8, 4) is 0 Å². The third-order valence-corrected chi connectivity index (χ3v) is 6.57. The predicted molar refractivity (Wildman–Crippen MR) is 117 cm³/mol. The Morgan fingerprint density at radius 2 is 1.83 bits per heavy atom. The first-order valence-electron chi connectivity index (χ1n) is 11.1. The number of benzene rings is 1. The third kappa shape index (κ3) is 3.73. The molecule has 1 aliphatic heterocycles. The van der Waals surface area contributed by atoms with E-state index in [4.69, 9.17) is 0 Å². The lowest BCUT2D eigenvalue weighted by atomic mass is 9.65. The maximum Gasteiger partial charge on any atom is 0.254 e. The molecular formula is C25H31N3O2. The molecular weight excluding hydrogens is 374 g/mol. The van der Waals surface area contributed by atoms with Gasteiger partial charge in [-0.2, -0.15) is 0 Å². The Hall–Kier alpha value is -2.69. The van der Waals surface area contributed by atoms with Crippen molar-refractivity contribution in [2.75, 3.05) is 6.54 Å². The predicted octanol–water partition coefficient (Wildman–Crippen LogP) is 4.30. The second-order valence-electron chi connectivity index (χ2n) is 9.07. The molecule has 1 N–H and O–H groups in total. The summed E-state index contributed by atoms with van der Waals surface area (Å²) < 4.78 is 0. The highest BCUT2D eigenvalue weighted by Gasteiger charge is 2.54. The maximum absolute atomic E-state index is 13.7. The van der Waals surface area contributed by atoms with E-state index in [9.17, 15) is 9.59 Å². The van der Waals surface area contributed by atoms with Gasteiger partial charge in [-0.25, -0.2) is 0 Å². The summed E-state index contributed by atoms with van der Waals surface area (Å²) in [4.78, 5) is 33.3. The van der Waals surface area contributed by atoms with Gasteiger partial charge in [0.15, 0.2) is 0 Å². The molecule has 2 heterocycles. The number of nitrogens with zero attached hydrogens (tertiary/aromatic N) is 2. The van der Waals surface area contributed by atoms with Crippen molar-refractivity contribution in [3.05, 3.63) is 65.5 Å². The monoisotopic (exact) mass is 405 g/mol. The van der Waals surface area contributed by atoms with Crippen LogP contribution in [0.25, 0.3) is 0 Å². The van der Waals surface area contributed by atoms with E-state index in [0.29, 0.717) is 24.6 Å². The van der Waals surface area contributed by atoms with E-state index >= 15 is 0 Å². The smallest absolute Gasteiger partial charge is 0.254 e. The van der Waals surface area contributed by atoms with Crippen LogP contribution in [0.15, 0.2) is 48.8 Å². The van der Waals surface area contributed by atoms with E-state index in [1.54, 1.807) is 12.4 Å². The van der Waals surface area contributed by atoms with Gasteiger partial charge < -0.3 is 10.2 Å². The second-order valence-corrected chi connectivity index (χ2v) is 9.07. The number of hydrogen-bond donors (Lipinski definition) is 1. The highest BCUT2D eigenvalue weighted by Crippen LogP contribution is 2.49. The molecule has 1 aromatic carbocycles.